The summed E-state index contributed by atoms with van der Waals surface area (Å²) in [4.78, 5) is 83.6. The molecule has 2 aromatic heterocycles. The summed E-state index contributed by atoms with van der Waals surface area (Å²) in [6, 6.07) is 4.80. The Labute approximate surface area is 456 Å². The first-order valence-electron chi connectivity index (χ1n) is 26.7. The van der Waals surface area contributed by atoms with E-state index in [1.165, 1.54) is 52.4 Å². The number of esters is 2. The van der Waals surface area contributed by atoms with Gasteiger partial charge in [0.15, 0.2) is 22.4 Å². The fraction of sp³-hybridized carbons (Fsp3) is 0.475. The van der Waals surface area contributed by atoms with Crippen LogP contribution >= 0.6 is 0 Å². The van der Waals surface area contributed by atoms with Gasteiger partial charge in [0.1, 0.15) is 35.4 Å². The van der Waals surface area contributed by atoms with Crippen LogP contribution in [0.3, 0.4) is 0 Å². The molecule has 422 valence electrons. The number of anilines is 2. The highest BCUT2D eigenvalue weighted by atomic mass is 16.7. The van der Waals surface area contributed by atoms with Crippen LogP contribution in [0.1, 0.15) is 79.0 Å². The fourth-order valence-electron chi connectivity index (χ4n) is 10.9. The Morgan fingerprint density at radius 3 is 2.33 bits per heavy atom. The number of aromatic nitrogens is 2. The van der Waals surface area contributed by atoms with Crippen LogP contribution in [0.2, 0.25) is 0 Å². The average Bonchev–Trinajstić information content (AvgIpc) is 3.80. The number of aromatic hydroxyl groups is 1. The first-order valence-corrected chi connectivity index (χ1v) is 26.7. The standard InChI is InChI=1S/C59H71N5O15/c1-12-36-26-60-18-16-37(36)28-75-57(72)58(73)78-52-32(6)40(74-11)17-23-76-59(10)55(70)44-42-43(50(68)35(9)53(44)79-59)51(69)47(62-56(71)31(5)15-13-14-30(4)48(66)33(7)49(67)34(52)8)54-46(42)61-45-39(65)24-38(25-41(45)77-54)64-21-19-63(20-22-64)27-29(2)3/h13-18,23-26,29-30,32-34,40,48-49,52,66-68,70H,12,19-22,27-28H2,1-11H3,(H,62,71). The highest BCUT2D eigenvalue weighted by Gasteiger charge is 2.45. The molecule has 6 heterocycles. The number of hydrogen-bond donors (Lipinski definition) is 5. The van der Waals surface area contributed by atoms with Crippen LogP contribution in [0.4, 0.5) is 11.4 Å². The molecule has 0 radical (unpaired) electrons. The minimum Gasteiger partial charge on any atom is -0.507 e. The highest BCUT2D eigenvalue weighted by molar-refractivity contribution is 6.29. The lowest BCUT2D eigenvalue weighted by atomic mass is 9.78. The molecule has 5 bridgehead atoms. The van der Waals surface area contributed by atoms with Crippen molar-refractivity contribution in [3.8, 4) is 11.5 Å². The summed E-state index contributed by atoms with van der Waals surface area (Å²) < 4.78 is 36.2. The van der Waals surface area contributed by atoms with Crippen molar-refractivity contribution in [3.63, 3.8) is 0 Å². The van der Waals surface area contributed by atoms with E-state index in [9.17, 15) is 39.6 Å². The Kier molecular flexibility index (Phi) is 17.2. The molecule has 0 saturated carbocycles. The van der Waals surface area contributed by atoms with Gasteiger partial charge in [0.2, 0.25) is 10.9 Å². The lowest BCUT2D eigenvalue weighted by molar-refractivity contribution is -0.180. The first kappa shape index (κ1) is 57.8. The Hall–Kier alpha value is -7.39. The van der Waals surface area contributed by atoms with Crippen LogP contribution in [-0.4, -0.2) is 123 Å². The van der Waals surface area contributed by atoms with Crippen molar-refractivity contribution >= 4 is 68.0 Å². The number of nitrogens with zero attached hydrogens (tertiary/aromatic N) is 4. The number of nitrogens with one attached hydrogen (secondary N) is 1. The van der Waals surface area contributed by atoms with E-state index in [1.807, 2.05) is 6.92 Å². The van der Waals surface area contributed by atoms with E-state index in [0.29, 0.717) is 36.7 Å². The topological polar surface area (TPSA) is 270 Å². The zero-order valence-electron chi connectivity index (χ0n) is 46.5. The number of pyridine rings is 1. The lowest BCUT2D eigenvalue weighted by Gasteiger charge is -2.38. The van der Waals surface area contributed by atoms with Crippen LogP contribution in [0, 0.1) is 36.5 Å². The molecule has 5 N–H and O–H groups in total. The highest BCUT2D eigenvalue weighted by Crippen LogP contribution is 2.42. The van der Waals surface area contributed by atoms with Crippen LogP contribution in [0.15, 0.2) is 80.7 Å². The average molecular weight is 1090 g/mol. The molecule has 4 aliphatic heterocycles. The van der Waals surface area contributed by atoms with Gasteiger partial charge in [-0.1, -0.05) is 66.7 Å². The van der Waals surface area contributed by atoms with Gasteiger partial charge in [0.25, 0.3) is 5.91 Å². The first-order chi connectivity index (χ1) is 37.5. The summed E-state index contributed by atoms with van der Waals surface area (Å²) >= 11 is 0. The van der Waals surface area contributed by atoms with E-state index in [2.05, 4.69) is 33.9 Å². The molecule has 0 spiro atoms. The monoisotopic (exact) mass is 1090 g/mol. The van der Waals surface area contributed by atoms with Crippen molar-refractivity contribution in [1.82, 2.24) is 14.9 Å². The Morgan fingerprint density at radius 2 is 1.65 bits per heavy atom. The van der Waals surface area contributed by atoms with Crippen LogP contribution < -0.4 is 31.0 Å². The molecule has 20 nitrogen and oxygen atoms in total. The number of piperazine rings is 1. The SMILES string of the molecule is CCc1cnccc1COC(=O)C(=O)OC1C(C)C(OC)C=COC2(C)Oc3c(C)c(O)c4c(=O)c(c5oc6cc(N7CCN(CC(C)C)CC7)cc(=O)c6nc5c4c3=C2O)NC(=O)C(C)=CC=CC(C)C(O)C(C)C(O)C1C. The number of rotatable bonds is 8. The summed E-state index contributed by atoms with van der Waals surface area (Å²) in [5.74, 6) is -9.51. The van der Waals surface area contributed by atoms with Gasteiger partial charge in [-0.2, -0.15) is 0 Å². The predicted molar refractivity (Wildman–Crippen MR) is 296 cm³/mol. The molecule has 9 rings (SSSR count). The van der Waals surface area contributed by atoms with E-state index in [-0.39, 0.29) is 61.7 Å². The molecule has 1 amide bonds. The smallest absolute Gasteiger partial charge is 0.417 e. The van der Waals surface area contributed by atoms with Gasteiger partial charge in [-0.15, -0.1) is 0 Å². The fourth-order valence-corrected chi connectivity index (χ4v) is 10.9. The van der Waals surface area contributed by atoms with Crippen LogP contribution in [-0.2, 0) is 46.4 Å². The Morgan fingerprint density at radius 1 is 0.924 bits per heavy atom. The van der Waals surface area contributed by atoms with Gasteiger partial charge in [0, 0.05) is 117 Å². The van der Waals surface area contributed by atoms with Gasteiger partial charge in [-0.3, -0.25) is 24.3 Å². The van der Waals surface area contributed by atoms with E-state index in [0.717, 1.165) is 25.2 Å². The summed E-state index contributed by atoms with van der Waals surface area (Å²) in [5.41, 5.74) is -0.189. The maximum atomic E-state index is 15.0. The van der Waals surface area contributed by atoms with E-state index in [1.54, 1.807) is 64.4 Å². The lowest BCUT2D eigenvalue weighted by Crippen LogP contribution is -2.47. The number of methoxy groups -OCH3 is 1. The second kappa shape index (κ2) is 23.5. The van der Waals surface area contributed by atoms with Crippen molar-refractivity contribution in [1.29, 1.82) is 0 Å². The number of allylic oxidation sites excluding steroid dienone is 2. The van der Waals surface area contributed by atoms with Crippen molar-refractivity contribution in [2.24, 2.45) is 29.6 Å². The molecule has 20 heteroatoms. The largest absolute Gasteiger partial charge is 0.507 e. The number of phenols is 1. The molecule has 4 aliphatic rings. The summed E-state index contributed by atoms with van der Waals surface area (Å²) in [7, 11) is 1.38. The third-order valence-corrected chi connectivity index (χ3v) is 15.6. The van der Waals surface area contributed by atoms with Gasteiger partial charge in [-0.05, 0) is 49.5 Å². The summed E-state index contributed by atoms with van der Waals surface area (Å²) in [5, 5.41) is 50.0. The molecular weight excluding hydrogens is 1020 g/mol. The molecule has 9 unspecified atom stereocenters. The minimum absolute atomic E-state index is 0.0135. The van der Waals surface area contributed by atoms with Crippen molar-refractivity contribution in [2.75, 3.05) is 50.1 Å². The second-order valence-electron chi connectivity index (χ2n) is 21.6. The zero-order chi connectivity index (χ0) is 57.4. The number of hydrogen-bond acceptors (Lipinski definition) is 19. The quantitative estimate of drug-likeness (QED) is 0.0514. The van der Waals surface area contributed by atoms with Gasteiger partial charge >= 0.3 is 17.7 Å². The van der Waals surface area contributed by atoms with E-state index >= 15 is 4.79 Å². The maximum absolute atomic E-state index is 15.0. The number of carbonyl (C=O) groups excluding carboxylic acids is 3. The predicted octanol–water partition coefficient (Wildman–Crippen LogP) is 6.02. The zero-order valence-corrected chi connectivity index (χ0v) is 46.5. The molecule has 3 aromatic carbocycles. The maximum Gasteiger partial charge on any atom is 0.417 e. The van der Waals surface area contributed by atoms with Crippen molar-refractivity contribution < 1.29 is 62.9 Å². The molecule has 79 heavy (non-hydrogen) atoms. The molecule has 1 saturated heterocycles. The number of carbonyl (C=O) groups is 3. The Balaban J connectivity index is 1.25. The number of fused-ring (bicyclic) bond motifs is 14. The second-order valence-corrected chi connectivity index (χ2v) is 21.6. The van der Waals surface area contributed by atoms with Gasteiger partial charge in [0.05, 0.1) is 35.2 Å². The normalized spacial score (nSPS) is 25.4. The number of ether oxygens (including phenoxy) is 5. The van der Waals surface area contributed by atoms with Crippen LogP contribution in [0.5, 0.6) is 11.5 Å². The number of aryl methyl sites for hydroxylation is 1. The molecule has 5 aromatic rings. The number of aliphatic hydroxyl groups is 3. The van der Waals surface area contributed by atoms with Gasteiger partial charge < -0.3 is 58.7 Å². The summed E-state index contributed by atoms with van der Waals surface area (Å²) in [6.45, 7) is 20.7. The number of amides is 1. The third kappa shape index (κ3) is 11.4. The molecule has 9 atom stereocenters. The minimum atomic E-state index is -2.07. The molecule has 0 aliphatic carbocycles. The van der Waals surface area contributed by atoms with Crippen molar-refractivity contribution in [3.05, 3.63) is 109 Å². The third-order valence-electron chi connectivity index (χ3n) is 15.6. The van der Waals surface area contributed by atoms with E-state index < -0.39 is 99.8 Å². The molecule has 1 fully saturated rings. The van der Waals surface area contributed by atoms with Gasteiger partial charge in [-0.25, -0.2) is 14.6 Å². The summed E-state index contributed by atoms with van der Waals surface area (Å²) in [6.07, 6.45) is 6.21. The Bertz CT molecular complexity index is 3460. The van der Waals surface area contributed by atoms with E-state index in [4.69, 9.17) is 33.1 Å². The van der Waals surface area contributed by atoms with Crippen molar-refractivity contribution in [2.45, 2.75) is 112 Å². The molecular formula is C59H71N5O15. The van der Waals surface area contributed by atoms with Crippen LogP contribution in [0.25, 0.3) is 38.7 Å². The number of benzene rings is 3. The number of aliphatic hydroxyl groups excluding tert-OH is 3. The number of phenolic OH excluding ortho intramolecular Hbond substituents is 1.